The molecule has 9 atom stereocenters. The quantitative estimate of drug-likeness (QED) is 0.179. The van der Waals surface area contributed by atoms with Crippen molar-refractivity contribution in [3.63, 3.8) is 0 Å². The molecule has 0 bridgehead atoms. The van der Waals surface area contributed by atoms with E-state index in [1.807, 2.05) is 0 Å². The highest BCUT2D eigenvalue weighted by atomic mass is 16.6. The largest absolute Gasteiger partial charge is 0.394 e. The van der Waals surface area contributed by atoms with Crippen LogP contribution in [0.5, 0.6) is 0 Å². The number of amides is 1. The minimum atomic E-state index is -1.79. The lowest BCUT2D eigenvalue weighted by Gasteiger charge is -2.40. The first-order valence-corrected chi connectivity index (χ1v) is 7.87. The van der Waals surface area contributed by atoms with Gasteiger partial charge in [0.15, 0.2) is 12.6 Å². The molecule has 0 radical (unpaired) electrons. The molecule has 27 heavy (non-hydrogen) atoms. The number of aldehydes is 1. The van der Waals surface area contributed by atoms with Crippen LogP contribution in [0, 0.1) is 0 Å². The zero-order chi connectivity index (χ0) is 21.3. The third-order valence-corrected chi connectivity index (χ3v) is 3.69. The summed E-state index contributed by atoms with van der Waals surface area (Å²) >= 11 is 0. The van der Waals surface area contributed by atoms with Crippen LogP contribution in [-0.2, 0) is 14.3 Å². The average Bonchev–Trinajstić information content (AvgIpc) is 2.65. The van der Waals surface area contributed by atoms with Crippen molar-refractivity contribution in [1.82, 2.24) is 5.32 Å². The summed E-state index contributed by atoms with van der Waals surface area (Å²) < 4.78 is 4.81. The standard InChI is InChI=1S/C8H15NO6.C6H12O6/c1-3(11)9-5-7(13)6(12)4(2-10)15-8(5)14;7-1-3(9)5(11)6(12)4(10)2-8/h4-8,10,12-14H,2H2,1H3,(H,9,11);1,3-6,8-12H,2H2/t4-,5-,6-,7-,8-;3-,4+,5+,6-/m10/s1. The molecule has 1 saturated heterocycles. The molecule has 0 aromatic rings. The second-order valence-corrected chi connectivity index (χ2v) is 5.81. The molecule has 1 heterocycles. The van der Waals surface area contributed by atoms with Gasteiger partial charge in [-0.05, 0) is 0 Å². The molecule has 1 rings (SSSR count). The Balaban J connectivity index is 0.000000516. The van der Waals surface area contributed by atoms with Gasteiger partial charge in [0, 0.05) is 6.92 Å². The highest BCUT2D eigenvalue weighted by molar-refractivity contribution is 5.73. The molecule has 0 spiro atoms. The first-order chi connectivity index (χ1) is 12.5. The molecule has 10 N–H and O–H groups in total. The highest BCUT2D eigenvalue weighted by Gasteiger charge is 2.43. The summed E-state index contributed by atoms with van der Waals surface area (Å²) in [7, 11) is 0. The Morgan fingerprint density at radius 1 is 1.07 bits per heavy atom. The summed E-state index contributed by atoms with van der Waals surface area (Å²) in [5.41, 5.74) is 0. The molecule has 0 aliphatic carbocycles. The number of hydrogen-bond acceptors (Lipinski definition) is 12. The van der Waals surface area contributed by atoms with Gasteiger partial charge >= 0.3 is 0 Å². The number of aliphatic hydroxyl groups is 9. The fraction of sp³-hybridized carbons (Fsp3) is 0.857. The minimum absolute atomic E-state index is 0.0258. The zero-order valence-electron chi connectivity index (χ0n) is 14.4. The number of carbonyl (C=O) groups excluding carboxylic acids is 2. The molecule has 0 unspecified atom stereocenters. The SMILES string of the molecule is CC(=O)N[C@@H]1[C@@H](O)[C@H](O)[C@@H](CO)O[C@H]1O.O=C[C@H](O)[C@@H](O)[C@@H](O)[C@H](O)CO. The van der Waals surface area contributed by atoms with Gasteiger partial charge in [-0.2, -0.15) is 0 Å². The first-order valence-electron chi connectivity index (χ1n) is 7.87. The number of hydrogen-bond donors (Lipinski definition) is 10. The molecular formula is C14H27NO12. The third kappa shape index (κ3) is 7.71. The molecule has 1 aliphatic heterocycles. The van der Waals surface area contributed by atoms with Gasteiger partial charge < -0.3 is 60.8 Å². The van der Waals surface area contributed by atoms with E-state index >= 15 is 0 Å². The van der Waals surface area contributed by atoms with Crippen LogP contribution in [0.15, 0.2) is 0 Å². The van der Waals surface area contributed by atoms with Crippen LogP contribution >= 0.6 is 0 Å². The van der Waals surface area contributed by atoms with Crippen LogP contribution < -0.4 is 5.32 Å². The number of aliphatic hydroxyl groups excluding tert-OH is 9. The predicted octanol–water partition coefficient (Wildman–Crippen LogP) is -6.46. The zero-order valence-corrected chi connectivity index (χ0v) is 14.4. The Bertz CT molecular complexity index is 452. The summed E-state index contributed by atoms with van der Waals surface area (Å²) in [5, 5.41) is 82.9. The molecule has 1 fully saturated rings. The van der Waals surface area contributed by atoms with Crippen LogP contribution in [-0.4, -0.2) is 126 Å². The molecular weight excluding hydrogens is 374 g/mol. The summed E-state index contributed by atoms with van der Waals surface area (Å²) in [6.45, 7) is -0.0736. The number of ether oxygens (including phenoxy) is 1. The summed E-state index contributed by atoms with van der Waals surface area (Å²) in [4.78, 5) is 20.6. The van der Waals surface area contributed by atoms with E-state index in [0.717, 1.165) is 0 Å². The molecule has 0 saturated carbocycles. The van der Waals surface area contributed by atoms with E-state index in [9.17, 15) is 24.9 Å². The van der Waals surface area contributed by atoms with E-state index in [4.69, 9.17) is 35.4 Å². The monoisotopic (exact) mass is 401 g/mol. The van der Waals surface area contributed by atoms with Gasteiger partial charge in [-0.1, -0.05) is 0 Å². The molecule has 1 aliphatic rings. The van der Waals surface area contributed by atoms with Gasteiger partial charge in [-0.25, -0.2) is 0 Å². The molecule has 0 aromatic heterocycles. The maximum Gasteiger partial charge on any atom is 0.217 e. The van der Waals surface area contributed by atoms with E-state index in [0.29, 0.717) is 0 Å². The Morgan fingerprint density at radius 3 is 2.04 bits per heavy atom. The molecule has 160 valence electrons. The van der Waals surface area contributed by atoms with Crippen molar-refractivity contribution >= 4 is 12.2 Å². The smallest absolute Gasteiger partial charge is 0.217 e. The van der Waals surface area contributed by atoms with Crippen LogP contribution in [0.3, 0.4) is 0 Å². The lowest BCUT2D eigenvalue weighted by Crippen LogP contribution is -2.63. The molecule has 13 nitrogen and oxygen atoms in total. The lowest BCUT2D eigenvalue weighted by atomic mass is 9.97. The maximum absolute atomic E-state index is 10.7. The van der Waals surface area contributed by atoms with Gasteiger partial charge in [0.05, 0.1) is 13.2 Å². The van der Waals surface area contributed by atoms with E-state index in [1.165, 1.54) is 6.92 Å². The van der Waals surface area contributed by atoms with Crippen molar-refractivity contribution in [2.45, 2.75) is 62.0 Å². The summed E-state index contributed by atoms with van der Waals surface area (Å²) in [6.07, 6.45) is -12.1. The predicted molar refractivity (Wildman–Crippen MR) is 84.8 cm³/mol. The fourth-order valence-electron chi connectivity index (χ4n) is 2.11. The van der Waals surface area contributed by atoms with Crippen molar-refractivity contribution in [3.8, 4) is 0 Å². The lowest BCUT2D eigenvalue weighted by molar-refractivity contribution is -0.253. The van der Waals surface area contributed by atoms with Crippen molar-refractivity contribution in [2.75, 3.05) is 13.2 Å². The number of nitrogens with one attached hydrogen (secondary N) is 1. The van der Waals surface area contributed by atoms with Crippen LogP contribution in [0.4, 0.5) is 0 Å². The first kappa shape index (κ1) is 25.7. The van der Waals surface area contributed by atoms with E-state index < -0.39 is 74.2 Å². The maximum atomic E-state index is 10.7. The topological polar surface area (TPSA) is 237 Å². The second-order valence-electron chi connectivity index (χ2n) is 5.81. The van der Waals surface area contributed by atoms with Crippen molar-refractivity contribution in [1.29, 1.82) is 0 Å². The van der Waals surface area contributed by atoms with Gasteiger partial charge in [0.2, 0.25) is 5.91 Å². The Labute approximate surface area is 154 Å². The van der Waals surface area contributed by atoms with Crippen molar-refractivity contribution in [2.24, 2.45) is 0 Å². The van der Waals surface area contributed by atoms with Crippen LogP contribution in [0.1, 0.15) is 6.92 Å². The van der Waals surface area contributed by atoms with Crippen LogP contribution in [0.2, 0.25) is 0 Å². The molecule has 13 heteroatoms. The average molecular weight is 401 g/mol. The normalized spacial score (nSPS) is 32.3. The van der Waals surface area contributed by atoms with Crippen molar-refractivity contribution in [3.05, 3.63) is 0 Å². The van der Waals surface area contributed by atoms with E-state index in [1.54, 1.807) is 0 Å². The van der Waals surface area contributed by atoms with Gasteiger partial charge in [0.25, 0.3) is 0 Å². The highest BCUT2D eigenvalue weighted by Crippen LogP contribution is 2.19. The van der Waals surface area contributed by atoms with E-state index in [-0.39, 0.29) is 6.29 Å². The second kappa shape index (κ2) is 12.2. The Hall–Kier alpha value is -1.26. The van der Waals surface area contributed by atoms with Crippen molar-refractivity contribution < 1.29 is 60.3 Å². The van der Waals surface area contributed by atoms with Gasteiger partial charge in [-0.3, -0.25) is 4.79 Å². The third-order valence-electron chi connectivity index (χ3n) is 3.69. The Morgan fingerprint density at radius 2 is 1.63 bits per heavy atom. The van der Waals surface area contributed by atoms with Gasteiger partial charge in [-0.15, -0.1) is 0 Å². The minimum Gasteiger partial charge on any atom is -0.394 e. The van der Waals surface area contributed by atoms with Crippen LogP contribution in [0.25, 0.3) is 0 Å². The number of rotatable bonds is 7. The number of carbonyl (C=O) groups is 2. The Kier molecular flexibility index (Phi) is 11.7. The molecule has 0 aromatic carbocycles. The fourth-order valence-corrected chi connectivity index (χ4v) is 2.11. The van der Waals surface area contributed by atoms with E-state index in [2.05, 4.69) is 5.32 Å². The molecule has 1 amide bonds. The summed E-state index contributed by atoms with van der Waals surface area (Å²) in [6, 6.07) is -1.10. The van der Waals surface area contributed by atoms with Gasteiger partial charge in [0.1, 0.15) is 48.8 Å². The summed E-state index contributed by atoms with van der Waals surface area (Å²) in [5.74, 6) is -0.462.